The van der Waals surface area contributed by atoms with Gasteiger partial charge in [-0.1, -0.05) is 6.07 Å². The van der Waals surface area contributed by atoms with Crippen molar-refractivity contribution in [3.05, 3.63) is 35.4 Å². The zero-order chi connectivity index (χ0) is 14.8. The van der Waals surface area contributed by atoms with E-state index in [4.69, 9.17) is 4.74 Å². The Kier molecular flexibility index (Phi) is 4.72. The molecule has 7 heteroatoms. The van der Waals surface area contributed by atoms with Gasteiger partial charge < -0.3 is 4.74 Å². The predicted octanol–water partition coefficient (Wildman–Crippen LogP) is 1.81. The Bertz CT molecular complexity index is 551. The smallest absolute Gasteiger partial charge is 0.216 e. The zero-order valence-corrected chi connectivity index (χ0v) is 11.9. The molecule has 0 aromatic heterocycles. The minimum absolute atomic E-state index is 0.0928. The summed E-state index contributed by atoms with van der Waals surface area (Å²) in [4.78, 5) is 0. The molecule has 1 N–H and O–H groups in total. The highest BCUT2D eigenvalue weighted by molar-refractivity contribution is 7.88. The van der Waals surface area contributed by atoms with Crippen LogP contribution in [0.4, 0.5) is 8.78 Å². The third-order valence-electron chi connectivity index (χ3n) is 3.43. The second-order valence-electron chi connectivity index (χ2n) is 4.99. The molecular formula is C13H17F2NO3S. The number of nitrogens with one attached hydrogen (secondary N) is 1. The topological polar surface area (TPSA) is 55.4 Å². The lowest BCUT2D eigenvalue weighted by Gasteiger charge is -2.19. The van der Waals surface area contributed by atoms with Crippen molar-refractivity contribution in [3.8, 4) is 0 Å². The Morgan fingerprint density at radius 3 is 2.60 bits per heavy atom. The van der Waals surface area contributed by atoms with E-state index in [0.717, 1.165) is 18.6 Å². The second-order valence-corrected chi connectivity index (χ2v) is 6.74. The van der Waals surface area contributed by atoms with Gasteiger partial charge in [-0.05, 0) is 25.5 Å². The van der Waals surface area contributed by atoms with Crippen molar-refractivity contribution in [1.82, 2.24) is 4.72 Å². The Balaban J connectivity index is 2.07. The molecule has 0 radical (unpaired) electrons. The highest BCUT2D eigenvalue weighted by atomic mass is 32.2. The molecule has 1 aromatic rings. The first-order valence-corrected chi connectivity index (χ1v) is 8.05. The molecule has 4 nitrogen and oxygen atoms in total. The number of hydrogen-bond donors (Lipinski definition) is 1. The molecule has 2 rings (SSSR count). The molecule has 0 bridgehead atoms. The molecule has 1 fully saturated rings. The quantitative estimate of drug-likeness (QED) is 0.902. The number of sulfonamides is 1. The van der Waals surface area contributed by atoms with E-state index < -0.39 is 33.0 Å². The molecule has 1 saturated heterocycles. The normalized spacial score (nSPS) is 21.1. The van der Waals surface area contributed by atoms with Gasteiger partial charge in [-0.3, -0.25) is 0 Å². The zero-order valence-electron chi connectivity index (χ0n) is 11.1. The van der Waals surface area contributed by atoms with E-state index in [2.05, 4.69) is 4.72 Å². The van der Waals surface area contributed by atoms with Crippen LogP contribution in [0.2, 0.25) is 0 Å². The maximum Gasteiger partial charge on any atom is 0.216 e. The van der Waals surface area contributed by atoms with E-state index in [-0.39, 0.29) is 12.0 Å². The van der Waals surface area contributed by atoms with Gasteiger partial charge in [-0.15, -0.1) is 0 Å². The van der Waals surface area contributed by atoms with Gasteiger partial charge in [0.05, 0.1) is 12.4 Å². The van der Waals surface area contributed by atoms with Crippen molar-refractivity contribution in [2.45, 2.75) is 25.1 Å². The summed E-state index contributed by atoms with van der Waals surface area (Å²) in [5.41, 5.74) is -0.435. The van der Waals surface area contributed by atoms with Gasteiger partial charge in [0.2, 0.25) is 10.0 Å². The van der Waals surface area contributed by atoms with Crippen LogP contribution in [0.25, 0.3) is 0 Å². The highest BCUT2D eigenvalue weighted by Gasteiger charge is 2.27. The van der Waals surface area contributed by atoms with Crippen LogP contribution in [0.1, 0.15) is 18.9 Å². The average molecular weight is 305 g/mol. The standard InChI is InChI=1S/C13H17F2NO3S/c1-9(10-5-6-19-7-10)16-20(17,18)8-11-12(14)3-2-4-13(11)15/h2-4,9-10,16H,5-8H2,1H3. The van der Waals surface area contributed by atoms with Crippen molar-refractivity contribution in [1.29, 1.82) is 0 Å². The third-order valence-corrected chi connectivity index (χ3v) is 4.83. The number of halogens is 2. The Hall–Kier alpha value is -1.05. The number of ether oxygens (including phenoxy) is 1. The summed E-state index contributed by atoms with van der Waals surface area (Å²) >= 11 is 0. The van der Waals surface area contributed by atoms with Gasteiger partial charge >= 0.3 is 0 Å². The van der Waals surface area contributed by atoms with Crippen molar-refractivity contribution < 1.29 is 21.9 Å². The summed E-state index contributed by atoms with van der Waals surface area (Å²) < 4.78 is 58.6. The number of rotatable bonds is 5. The largest absolute Gasteiger partial charge is 0.381 e. The molecule has 0 spiro atoms. The first-order valence-electron chi connectivity index (χ1n) is 6.39. The van der Waals surface area contributed by atoms with Crippen LogP contribution in [-0.4, -0.2) is 27.7 Å². The fraction of sp³-hybridized carbons (Fsp3) is 0.538. The summed E-state index contributed by atoms with van der Waals surface area (Å²) in [5.74, 6) is -2.32. The van der Waals surface area contributed by atoms with Crippen LogP contribution in [0.3, 0.4) is 0 Å². The average Bonchev–Trinajstić information content (AvgIpc) is 2.87. The van der Waals surface area contributed by atoms with Crippen molar-refractivity contribution >= 4 is 10.0 Å². The van der Waals surface area contributed by atoms with Crippen LogP contribution in [0, 0.1) is 17.6 Å². The number of benzene rings is 1. The molecule has 0 amide bonds. The van der Waals surface area contributed by atoms with Gasteiger partial charge in [0, 0.05) is 24.1 Å². The molecule has 2 unspecified atom stereocenters. The summed E-state index contributed by atoms with van der Waals surface area (Å²) in [5, 5.41) is 0. The van der Waals surface area contributed by atoms with Crippen LogP contribution in [0.5, 0.6) is 0 Å². The minimum Gasteiger partial charge on any atom is -0.381 e. The van der Waals surface area contributed by atoms with E-state index in [0.29, 0.717) is 13.2 Å². The highest BCUT2D eigenvalue weighted by Crippen LogP contribution is 2.19. The molecule has 1 aromatic carbocycles. The maximum absolute atomic E-state index is 13.5. The molecular weight excluding hydrogens is 288 g/mol. The Morgan fingerprint density at radius 1 is 1.40 bits per heavy atom. The molecule has 1 aliphatic heterocycles. The first kappa shape index (κ1) is 15.3. The number of hydrogen-bond acceptors (Lipinski definition) is 3. The Morgan fingerprint density at radius 2 is 2.05 bits per heavy atom. The SMILES string of the molecule is CC(NS(=O)(=O)Cc1c(F)cccc1F)C1CCOC1. The Labute approximate surface area is 117 Å². The van der Waals surface area contributed by atoms with Gasteiger partial charge in [-0.2, -0.15) is 0 Å². The summed E-state index contributed by atoms with van der Waals surface area (Å²) in [7, 11) is -3.80. The van der Waals surface area contributed by atoms with Gasteiger partial charge in [0.15, 0.2) is 0 Å². The van der Waals surface area contributed by atoms with Crippen molar-refractivity contribution in [2.24, 2.45) is 5.92 Å². The van der Waals surface area contributed by atoms with Gasteiger partial charge in [0.1, 0.15) is 11.6 Å². The third kappa shape index (κ3) is 3.74. The van der Waals surface area contributed by atoms with E-state index >= 15 is 0 Å². The van der Waals surface area contributed by atoms with Crippen LogP contribution in [0.15, 0.2) is 18.2 Å². The predicted molar refractivity (Wildman–Crippen MR) is 70.5 cm³/mol. The van der Waals surface area contributed by atoms with Crippen LogP contribution in [-0.2, 0) is 20.5 Å². The van der Waals surface area contributed by atoms with Gasteiger partial charge in [0.25, 0.3) is 0 Å². The van der Waals surface area contributed by atoms with Crippen LogP contribution >= 0.6 is 0 Å². The lowest BCUT2D eigenvalue weighted by molar-refractivity contribution is 0.180. The van der Waals surface area contributed by atoms with E-state index in [1.807, 2.05) is 0 Å². The molecule has 0 aliphatic carbocycles. The fourth-order valence-electron chi connectivity index (χ4n) is 2.23. The van der Waals surface area contributed by atoms with Crippen LogP contribution < -0.4 is 4.72 Å². The second kappa shape index (κ2) is 6.15. The lowest BCUT2D eigenvalue weighted by Crippen LogP contribution is -2.39. The van der Waals surface area contributed by atoms with E-state index in [1.54, 1.807) is 6.92 Å². The van der Waals surface area contributed by atoms with Gasteiger partial charge in [-0.25, -0.2) is 21.9 Å². The summed E-state index contributed by atoms with van der Waals surface area (Å²) in [6.45, 7) is 2.84. The molecule has 0 saturated carbocycles. The molecule has 20 heavy (non-hydrogen) atoms. The fourth-order valence-corrected chi connectivity index (χ4v) is 3.73. The van der Waals surface area contributed by atoms with Crippen molar-refractivity contribution in [3.63, 3.8) is 0 Å². The molecule has 1 aliphatic rings. The minimum atomic E-state index is -3.80. The first-order chi connectivity index (χ1) is 9.39. The summed E-state index contributed by atoms with van der Waals surface area (Å²) in [6, 6.07) is 2.97. The maximum atomic E-state index is 13.5. The molecule has 1 heterocycles. The lowest BCUT2D eigenvalue weighted by atomic mass is 10.0. The monoisotopic (exact) mass is 305 g/mol. The molecule has 2 atom stereocenters. The van der Waals surface area contributed by atoms with E-state index in [1.165, 1.54) is 6.07 Å². The summed E-state index contributed by atoms with van der Waals surface area (Å²) in [6.07, 6.45) is 0.776. The van der Waals surface area contributed by atoms with E-state index in [9.17, 15) is 17.2 Å². The van der Waals surface area contributed by atoms with Crippen molar-refractivity contribution in [2.75, 3.05) is 13.2 Å². The molecule has 112 valence electrons.